The highest BCUT2D eigenvalue weighted by molar-refractivity contribution is 5.89. The Hall–Kier alpha value is -2.09. The summed E-state index contributed by atoms with van der Waals surface area (Å²) in [7, 11) is 1.72. The van der Waals surface area contributed by atoms with E-state index in [4.69, 9.17) is 0 Å². The standard InChI is InChI=1S/C10H11N3O2/c1-3-15-9(14)5-4-8-6-12-10(11-2)13-7-8/h6-7H,3H2,1-2H3,(H,11,12,13). The average molecular weight is 205 g/mol. The van der Waals surface area contributed by atoms with Crippen LogP contribution in [0.1, 0.15) is 12.5 Å². The Kier molecular flexibility index (Phi) is 4.10. The highest BCUT2D eigenvalue weighted by Gasteiger charge is 1.94. The Morgan fingerprint density at radius 2 is 2.20 bits per heavy atom. The van der Waals surface area contributed by atoms with Gasteiger partial charge in [-0.15, -0.1) is 0 Å². The summed E-state index contributed by atoms with van der Waals surface area (Å²) in [4.78, 5) is 18.8. The maximum atomic E-state index is 10.9. The fourth-order valence-corrected chi connectivity index (χ4v) is 0.812. The number of nitrogens with zero attached hydrogens (tertiary/aromatic N) is 2. The number of rotatable bonds is 2. The van der Waals surface area contributed by atoms with Crippen LogP contribution in [0.4, 0.5) is 5.95 Å². The molecule has 0 bridgehead atoms. The first-order chi connectivity index (χ1) is 7.26. The van der Waals surface area contributed by atoms with Crippen molar-refractivity contribution >= 4 is 11.9 Å². The number of nitrogens with one attached hydrogen (secondary N) is 1. The molecule has 5 nitrogen and oxygen atoms in total. The molecule has 0 saturated carbocycles. The minimum absolute atomic E-state index is 0.322. The molecule has 0 unspecified atom stereocenters. The lowest BCUT2D eigenvalue weighted by Crippen LogP contribution is -2.00. The van der Waals surface area contributed by atoms with Gasteiger partial charge in [-0.3, -0.25) is 0 Å². The third kappa shape index (κ3) is 3.65. The Labute approximate surface area is 87.9 Å². The summed E-state index contributed by atoms with van der Waals surface area (Å²) in [6.45, 7) is 2.05. The molecular formula is C10H11N3O2. The zero-order valence-corrected chi connectivity index (χ0v) is 8.57. The first kappa shape index (κ1) is 11.0. The molecule has 1 rings (SSSR count). The van der Waals surface area contributed by atoms with E-state index in [9.17, 15) is 4.79 Å². The largest absolute Gasteiger partial charge is 0.456 e. The normalized spacial score (nSPS) is 8.67. The number of anilines is 1. The number of hydrogen-bond donors (Lipinski definition) is 1. The number of ether oxygens (including phenoxy) is 1. The van der Waals surface area contributed by atoms with Gasteiger partial charge in [-0.2, -0.15) is 0 Å². The molecule has 0 amide bonds. The van der Waals surface area contributed by atoms with Crippen LogP contribution in [0.15, 0.2) is 12.4 Å². The third-order valence-electron chi connectivity index (χ3n) is 1.46. The van der Waals surface area contributed by atoms with Gasteiger partial charge in [0.15, 0.2) is 0 Å². The quantitative estimate of drug-likeness (QED) is 0.560. The van der Waals surface area contributed by atoms with E-state index in [0.717, 1.165) is 0 Å². The monoisotopic (exact) mass is 205 g/mol. The maximum Gasteiger partial charge on any atom is 0.384 e. The van der Waals surface area contributed by atoms with E-state index < -0.39 is 5.97 Å². The van der Waals surface area contributed by atoms with Crippen molar-refractivity contribution in [2.45, 2.75) is 6.92 Å². The Morgan fingerprint density at radius 3 is 2.73 bits per heavy atom. The van der Waals surface area contributed by atoms with Gasteiger partial charge in [0.2, 0.25) is 5.95 Å². The smallest absolute Gasteiger partial charge is 0.384 e. The molecule has 0 spiro atoms. The van der Waals surface area contributed by atoms with Crippen LogP contribution in [0.2, 0.25) is 0 Å². The molecule has 0 atom stereocenters. The van der Waals surface area contributed by atoms with E-state index in [-0.39, 0.29) is 0 Å². The molecular weight excluding hydrogens is 194 g/mol. The van der Waals surface area contributed by atoms with Gasteiger partial charge >= 0.3 is 5.97 Å². The number of aromatic nitrogens is 2. The van der Waals surface area contributed by atoms with Gasteiger partial charge in [-0.25, -0.2) is 14.8 Å². The average Bonchev–Trinajstić information content (AvgIpc) is 2.27. The number of carbonyl (C=O) groups is 1. The minimum Gasteiger partial charge on any atom is -0.456 e. The van der Waals surface area contributed by atoms with E-state index in [2.05, 4.69) is 31.9 Å². The zero-order chi connectivity index (χ0) is 11.1. The molecule has 0 fully saturated rings. The predicted octanol–water partition coefficient (Wildman–Crippen LogP) is 0.433. The van der Waals surface area contributed by atoms with Gasteiger partial charge in [0, 0.05) is 25.4 Å². The van der Waals surface area contributed by atoms with E-state index in [1.54, 1.807) is 14.0 Å². The van der Waals surface area contributed by atoms with Crippen molar-refractivity contribution in [2.75, 3.05) is 19.0 Å². The molecule has 78 valence electrons. The van der Waals surface area contributed by atoms with Crippen molar-refractivity contribution in [3.63, 3.8) is 0 Å². The molecule has 0 aliphatic carbocycles. The molecule has 0 aliphatic heterocycles. The summed E-state index contributed by atoms with van der Waals surface area (Å²) >= 11 is 0. The Morgan fingerprint density at radius 1 is 1.53 bits per heavy atom. The van der Waals surface area contributed by atoms with E-state index in [0.29, 0.717) is 18.1 Å². The first-order valence-electron chi connectivity index (χ1n) is 4.44. The number of esters is 1. The molecule has 1 N–H and O–H groups in total. The fourth-order valence-electron chi connectivity index (χ4n) is 0.812. The molecule has 0 aliphatic rings. The Balaban J connectivity index is 2.68. The van der Waals surface area contributed by atoms with Gasteiger partial charge in [-0.1, -0.05) is 5.92 Å². The van der Waals surface area contributed by atoms with Gasteiger partial charge in [-0.05, 0) is 6.92 Å². The van der Waals surface area contributed by atoms with Crippen molar-refractivity contribution < 1.29 is 9.53 Å². The van der Waals surface area contributed by atoms with Crippen LogP contribution >= 0.6 is 0 Å². The summed E-state index contributed by atoms with van der Waals surface area (Å²) in [5.74, 6) is 4.89. The van der Waals surface area contributed by atoms with Crippen LogP contribution in [0.25, 0.3) is 0 Å². The highest BCUT2D eigenvalue weighted by atomic mass is 16.5. The third-order valence-corrected chi connectivity index (χ3v) is 1.46. The molecule has 0 aromatic carbocycles. The molecule has 0 saturated heterocycles. The minimum atomic E-state index is -0.546. The van der Waals surface area contributed by atoms with E-state index in [1.165, 1.54) is 12.4 Å². The highest BCUT2D eigenvalue weighted by Crippen LogP contribution is 1.96. The second-order valence-electron chi connectivity index (χ2n) is 2.52. The summed E-state index contributed by atoms with van der Waals surface area (Å²) in [5.41, 5.74) is 0.571. The van der Waals surface area contributed by atoms with Crippen LogP contribution in [0, 0.1) is 11.8 Å². The van der Waals surface area contributed by atoms with Crippen LogP contribution in [0.5, 0.6) is 0 Å². The lowest BCUT2D eigenvalue weighted by atomic mass is 10.3. The van der Waals surface area contributed by atoms with Crippen LogP contribution in [-0.2, 0) is 9.53 Å². The van der Waals surface area contributed by atoms with Crippen molar-refractivity contribution in [2.24, 2.45) is 0 Å². The van der Waals surface area contributed by atoms with E-state index in [1.807, 2.05) is 0 Å². The second-order valence-corrected chi connectivity index (χ2v) is 2.52. The SMILES string of the molecule is CCOC(=O)C#Cc1cnc(NC)nc1. The van der Waals surface area contributed by atoms with Crippen molar-refractivity contribution in [3.8, 4) is 11.8 Å². The molecule has 1 aromatic heterocycles. The fraction of sp³-hybridized carbons (Fsp3) is 0.300. The van der Waals surface area contributed by atoms with Gasteiger partial charge in [0.25, 0.3) is 0 Å². The number of hydrogen-bond acceptors (Lipinski definition) is 5. The van der Waals surface area contributed by atoms with Gasteiger partial charge in [0.1, 0.15) is 0 Å². The van der Waals surface area contributed by atoms with Crippen LogP contribution < -0.4 is 5.32 Å². The molecule has 1 heterocycles. The first-order valence-corrected chi connectivity index (χ1v) is 4.44. The summed E-state index contributed by atoms with van der Waals surface area (Å²) in [6, 6.07) is 0. The van der Waals surface area contributed by atoms with E-state index >= 15 is 0 Å². The maximum absolute atomic E-state index is 10.9. The van der Waals surface area contributed by atoms with Crippen molar-refractivity contribution in [1.29, 1.82) is 0 Å². The van der Waals surface area contributed by atoms with Gasteiger partial charge in [0.05, 0.1) is 12.2 Å². The van der Waals surface area contributed by atoms with Gasteiger partial charge < -0.3 is 10.1 Å². The molecule has 5 heteroatoms. The summed E-state index contributed by atoms with van der Waals surface area (Å²) in [6.07, 6.45) is 3.07. The topological polar surface area (TPSA) is 64.1 Å². The second kappa shape index (κ2) is 5.60. The lowest BCUT2D eigenvalue weighted by molar-refractivity contribution is -0.136. The van der Waals surface area contributed by atoms with Crippen LogP contribution in [-0.4, -0.2) is 29.6 Å². The Bertz CT molecular complexity index is 389. The van der Waals surface area contributed by atoms with Crippen LogP contribution in [0.3, 0.4) is 0 Å². The molecule has 0 radical (unpaired) electrons. The molecule has 15 heavy (non-hydrogen) atoms. The lowest BCUT2D eigenvalue weighted by Gasteiger charge is -1.95. The predicted molar refractivity (Wildman–Crippen MR) is 55.1 cm³/mol. The van der Waals surface area contributed by atoms with Crippen molar-refractivity contribution in [3.05, 3.63) is 18.0 Å². The summed E-state index contributed by atoms with van der Waals surface area (Å²) < 4.78 is 4.64. The zero-order valence-electron chi connectivity index (χ0n) is 8.57. The number of carbonyl (C=O) groups excluding carboxylic acids is 1. The summed E-state index contributed by atoms with van der Waals surface area (Å²) in [5, 5.41) is 2.78. The molecule has 1 aromatic rings. The van der Waals surface area contributed by atoms with Crippen molar-refractivity contribution in [1.82, 2.24) is 9.97 Å².